The summed E-state index contributed by atoms with van der Waals surface area (Å²) in [6, 6.07) is 0. The first-order valence-electron chi connectivity index (χ1n) is 7.25. The molecule has 0 spiro atoms. The zero-order valence-corrected chi connectivity index (χ0v) is 11.3. The van der Waals surface area contributed by atoms with Crippen LogP contribution in [0.3, 0.4) is 0 Å². The zero-order valence-electron chi connectivity index (χ0n) is 11.3. The summed E-state index contributed by atoms with van der Waals surface area (Å²) in [6.07, 6.45) is 9.21. The first-order valence-corrected chi connectivity index (χ1v) is 7.25. The second-order valence-electron chi connectivity index (χ2n) is 5.24. The van der Waals surface area contributed by atoms with Crippen molar-refractivity contribution < 1.29 is 4.79 Å². The van der Waals surface area contributed by atoms with Crippen LogP contribution in [-0.2, 0) is 4.79 Å². The quantitative estimate of drug-likeness (QED) is 0.743. The minimum absolute atomic E-state index is 0.308. The number of rotatable bonds is 7. The van der Waals surface area contributed by atoms with Crippen molar-refractivity contribution in [1.29, 1.82) is 0 Å². The summed E-state index contributed by atoms with van der Waals surface area (Å²) in [6.45, 7) is 4.66. The molecule has 1 saturated carbocycles. The first-order chi connectivity index (χ1) is 8.27. The molecule has 0 aromatic heterocycles. The topological polar surface area (TPSA) is 46.3 Å². The molecule has 1 aliphatic rings. The van der Waals surface area contributed by atoms with Gasteiger partial charge in [0.05, 0.1) is 0 Å². The molecule has 0 unspecified atom stereocenters. The molecule has 0 bridgehead atoms. The molecule has 0 atom stereocenters. The maximum absolute atomic E-state index is 12.0. The predicted octanol–water partition coefficient (Wildman–Crippen LogP) is 2.54. The lowest BCUT2D eigenvalue weighted by atomic mass is 9.89. The molecule has 0 aromatic carbocycles. The number of amides is 1. The molecule has 1 fully saturated rings. The van der Waals surface area contributed by atoms with Crippen molar-refractivity contribution in [2.24, 2.45) is 11.7 Å². The third kappa shape index (κ3) is 5.53. The van der Waals surface area contributed by atoms with Crippen LogP contribution < -0.4 is 5.73 Å². The van der Waals surface area contributed by atoms with E-state index in [1.54, 1.807) is 0 Å². The van der Waals surface area contributed by atoms with E-state index in [1.807, 2.05) is 0 Å². The largest absolute Gasteiger partial charge is 0.342 e. The smallest absolute Gasteiger partial charge is 0.222 e. The number of hydrogen-bond donors (Lipinski definition) is 1. The van der Waals surface area contributed by atoms with Crippen LogP contribution in [0.1, 0.15) is 58.3 Å². The fourth-order valence-electron chi connectivity index (χ4n) is 2.68. The first kappa shape index (κ1) is 14.5. The molecule has 0 aromatic rings. The Morgan fingerprint density at radius 2 is 2.00 bits per heavy atom. The Bertz CT molecular complexity index is 212. The molecule has 17 heavy (non-hydrogen) atoms. The summed E-state index contributed by atoms with van der Waals surface area (Å²) in [5, 5.41) is 0. The van der Waals surface area contributed by atoms with Crippen molar-refractivity contribution in [3.63, 3.8) is 0 Å². The van der Waals surface area contributed by atoms with Gasteiger partial charge in [-0.2, -0.15) is 0 Å². The van der Waals surface area contributed by atoms with Crippen molar-refractivity contribution in [3.8, 4) is 0 Å². The summed E-state index contributed by atoms with van der Waals surface area (Å²) in [4.78, 5) is 14.1. The molecular weight excluding hydrogens is 212 g/mol. The molecule has 100 valence electrons. The standard InChI is InChI=1S/C14H28N2O/c1-2-11-16(14(17)9-6-10-15)12-13-7-4-3-5-8-13/h13H,2-12,15H2,1H3. The highest BCUT2D eigenvalue weighted by molar-refractivity contribution is 5.76. The zero-order chi connectivity index (χ0) is 12.5. The third-order valence-corrected chi connectivity index (χ3v) is 3.64. The van der Waals surface area contributed by atoms with Crippen LogP contribution in [0.25, 0.3) is 0 Å². The van der Waals surface area contributed by atoms with Crippen LogP contribution in [0.4, 0.5) is 0 Å². The molecule has 1 rings (SSSR count). The third-order valence-electron chi connectivity index (χ3n) is 3.64. The molecule has 0 aliphatic heterocycles. The predicted molar refractivity (Wildman–Crippen MR) is 71.7 cm³/mol. The lowest BCUT2D eigenvalue weighted by Crippen LogP contribution is -2.36. The second-order valence-corrected chi connectivity index (χ2v) is 5.24. The minimum Gasteiger partial charge on any atom is -0.342 e. The van der Waals surface area contributed by atoms with Gasteiger partial charge in [-0.3, -0.25) is 4.79 Å². The van der Waals surface area contributed by atoms with Gasteiger partial charge in [0.1, 0.15) is 0 Å². The van der Waals surface area contributed by atoms with E-state index < -0.39 is 0 Å². The van der Waals surface area contributed by atoms with E-state index in [4.69, 9.17) is 5.73 Å². The van der Waals surface area contributed by atoms with Crippen molar-refractivity contribution in [2.45, 2.75) is 58.3 Å². The van der Waals surface area contributed by atoms with Crippen LogP contribution in [0.5, 0.6) is 0 Å². The molecular formula is C14H28N2O. The highest BCUT2D eigenvalue weighted by Gasteiger charge is 2.19. The Morgan fingerprint density at radius 1 is 1.29 bits per heavy atom. The summed E-state index contributed by atoms with van der Waals surface area (Å²) in [7, 11) is 0. The number of carbonyl (C=O) groups excluding carboxylic acids is 1. The molecule has 2 N–H and O–H groups in total. The normalized spacial score (nSPS) is 17.1. The number of nitrogens with two attached hydrogens (primary N) is 1. The second kappa shape index (κ2) is 8.51. The average molecular weight is 240 g/mol. The van der Waals surface area contributed by atoms with E-state index in [1.165, 1.54) is 32.1 Å². The van der Waals surface area contributed by atoms with Gasteiger partial charge in [-0.15, -0.1) is 0 Å². The molecule has 1 amide bonds. The van der Waals surface area contributed by atoms with Gasteiger partial charge in [0.2, 0.25) is 5.91 Å². The van der Waals surface area contributed by atoms with Gasteiger partial charge in [0.15, 0.2) is 0 Å². The maximum atomic E-state index is 12.0. The van der Waals surface area contributed by atoms with Crippen LogP contribution >= 0.6 is 0 Å². The summed E-state index contributed by atoms with van der Waals surface area (Å²) >= 11 is 0. The van der Waals surface area contributed by atoms with Crippen LogP contribution in [0.15, 0.2) is 0 Å². The van der Waals surface area contributed by atoms with E-state index >= 15 is 0 Å². The lowest BCUT2D eigenvalue weighted by molar-refractivity contribution is -0.132. The fourth-order valence-corrected chi connectivity index (χ4v) is 2.68. The maximum Gasteiger partial charge on any atom is 0.222 e. The van der Waals surface area contributed by atoms with Gasteiger partial charge >= 0.3 is 0 Å². The van der Waals surface area contributed by atoms with E-state index in [2.05, 4.69) is 11.8 Å². The van der Waals surface area contributed by atoms with Crippen molar-refractivity contribution in [3.05, 3.63) is 0 Å². The number of carbonyl (C=O) groups is 1. The Balaban J connectivity index is 2.37. The molecule has 1 aliphatic carbocycles. The van der Waals surface area contributed by atoms with E-state index in [0.717, 1.165) is 31.8 Å². The average Bonchev–Trinajstić information content (AvgIpc) is 2.36. The molecule has 3 nitrogen and oxygen atoms in total. The molecule has 3 heteroatoms. The monoisotopic (exact) mass is 240 g/mol. The summed E-state index contributed by atoms with van der Waals surface area (Å²) in [5.74, 6) is 1.06. The molecule has 0 saturated heterocycles. The van der Waals surface area contributed by atoms with Gasteiger partial charge in [-0.05, 0) is 38.1 Å². The van der Waals surface area contributed by atoms with Crippen molar-refractivity contribution >= 4 is 5.91 Å². The summed E-state index contributed by atoms with van der Waals surface area (Å²) in [5.41, 5.74) is 5.46. The lowest BCUT2D eigenvalue weighted by Gasteiger charge is -2.29. The van der Waals surface area contributed by atoms with Crippen LogP contribution in [-0.4, -0.2) is 30.4 Å². The highest BCUT2D eigenvalue weighted by Crippen LogP contribution is 2.24. The van der Waals surface area contributed by atoms with Crippen molar-refractivity contribution in [2.75, 3.05) is 19.6 Å². The molecule has 0 heterocycles. The highest BCUT2D eigenvalue weighted by atomic mass is 16.2. The Kier molecular flexibility index (Phi) is 7.25. The van der Waals surface area contributed by atoms with Gasteiger partial charge < -0.3 is 10.6 Å². The fraction of sp³-hybridized carbons (Fsp3) is 0.929. The van der Waals surface area contributed by atoms with E-state index in [-0.39, 0.29) is 0 Å². The minimum atomic E-state index is 0.308. The van der Waals surface area contributed by atoms with Gasteiger partial charge in [0, 0.05) is 19.5 Å². The van der Waals surface area contributed by atoms with Gasteiger partial charge in [0.25, 0.3) is 0 Å². The van der Waals surface area contributed by atoms with Crippen molar-refractivity contribution in [1.82, 2.24) is 4.90 Å². The SMILES string of the molecule is CCCN(CC1CCCCC1)C(=O)CCCN. The number of hydrogen-bond acceptors (Lipinski definition) is 2. The summed E-state index contributed by atoms with van der Waals surface area (Å²) < 4.78 is 0. The van der Waals surface area contributed by atoms with Crippen LogP contribution in [0, 0.1) is 5.92 Å². The number of nitrogens with zero attached hydrogens (tertiary/aromatic N) is 1. The van der Waals surface area contributed by atoms with E-state index in [0.29, 0.717) is 18.9 Å². The Labute approximate surface area is 106 Å². The van der Waals surface area contributed by atoms with Gasteiger partial charge in [-0.1, -0.05) is 26.2 Å². The molecule has 0 radical (unpaired) electrons. The Hall–Kier alpha value is -0.570. The Morgan fingerprint density at radius 3 is 2.59 bits per heavy atom. The van der Waals surface area contributed by atoms with Crippen LogP contribution in [0.2, 0.25) is 0 Å². The van der Waals surface area contributed by atoms with Gasteiger partial charge in [-0.25, -0.2) is 0 Å². The van der Waals surface area contributed by atoms with E-state index in [9.17, 15) is 4.79 Å².